The highest BCUT2D eigenvalue weighted by atomic mass is 15.2. The third-order valence-electron chi connectivity index (χ3n) is 23.7. The summed E-state index contributed by atoms with van der Waals surface area (Å²) in [4.78, 5) is 17.0. The maximum Gasteiger partial charge on any atom is 0.238 e. The summed E-state index contributed by atoms with van der Waals surface area (Å²) in [5.74, 6) is 1.75. The van der Waals surface area contributed by atoms with Crippen LogP contribution >= 0.6 is 0 Å². The monoisotopic (exact) mass is 1320 g/mol. The van der Waals surface area contributed by atoms with Crippen LogP contribution < -0.4 is 0 Å². The van der Waals surface area contributed by atoms with Gasteiger partial charge in [0.05, 0.1) is 60.7 Å². The maximum atomic E-state index is 5.82. The summed E-state index contributed by atoms with van der Waals surface area (Å²) in [5.41, 5.74) is 25.5. The molecule has 16 aromatic carbocycles. The second-order valence-corrected chi connectivity index (χ2v) is 28.4. The zero-order valence-electron chi connectivity index (χ0n) is 56.0. The molecular formula is C97H57N7. The molecule has 0 saturated heterocycles. The third-order valence-corrected chi connectivity index (χ3v) is 23.7. The van der Waals surface area contributed by atoms with Crippen LogP contribution in [0.2, 0.25) is 0 Å². The molecule has 104 heavy (non-hydrogen) atoms. The SMILES string of the molecule is c1ccc(-c2nc(-c3ccc4c5c(cccc35)C35c6ccccc6-c6ccccc6C43c3ccc(-n4c6ccccc6c6cc(-c7ccc8c(c7)c7ccccc7n8-c7ccccc7)ccc64)c4cccc5c34)nc(-n3c4ccccc4c4ccc5c6ccccc6n(-c6ccccc6)c5c43)n2)cc1. The first-order valence-corrected chi connectivity index (χ1v) is 35.9. The molecule has 2 atom stereocenters. The average molecular weight is 1320 g/mol. The van der Waals surface area contributed by atoms with Gasteiger partial charge in [0.15, 0.2) is 11.6 Å². The minimum atomic E-state index is -0.700. The molecule has 2 unspecified atom stereocenters. The van der Waals surface area contributed by atoms with E-state index < -0.39 is 10.8 Å². The molecule has 7 heteroatoms. The number of aromatic nitrogens is 7. The highest BCUT2D eigenvalue weighted by Crippen LogP contribution is 2.75. The van der Waals surface area contributed by atoms with Crippen LogP contribution in [0.3, 0.4) is 0 Å². The van der Waals surface area contributed by atoms with Crippen LogP contribution in [0.4, 0.5) is 0 Å². The van der Waals surface area contributed by atoms with Gasteiger partial charge in [-0.15, -0.1) is 0 Å². The Hall–Kier alpha value is -13.8. The van der Waals surface area contributed by atoms with E-state index in [1.165, 1.54) is 121 Å². The number of fused-ring (bicyclic) bond motifs is 16. The number of nitrogens with zero attached hydrogens (tertiary/aromatic N) is 7. The molecule has 0 spiro atoms. The maximum absolute atomic E-state index is 5.82. The number of hydrogen-bond acceptors (Lipinski definition) is 3. The van der Waals surface area contributed by atoms with Crippen molar-refractivity contribution in [1.29, 1.82) is 0 Å². The molecule has 3 aliphatic carbocycles. The van der Waals surface area contributed by atoms with Crippen molar-refractivity contribution in [2.45, 2.75) is 10.8 Å². The molecule has 0 saturated carbocycles. The Morgan fingerprint density at radius 2 is 0.615 bits per heavy atom. The minimum Gasteiger partial charge on any atom is -0.309 e. The van der Waals surface area contributed by atoms with Gasteiger partial charge < -0.3 is 13.7 Å². The Morgan fingerprint density at radius 3 is 1.21 bits per heavy atom. The van der Waals surface area contributed by atoms with E-state index in [-0.39, 0.29) is 0 Å². The van der Waals surface area contributed by atoms with Crippen LogP contribution in [0.5, 0.6) is 0 Å². The van der Waals surface area contributed by atoms with E-state index in [0.29, 0.717) is 17.6 Å². The fraction of sp³-hybridized carbons (Fsp3) is 0.0206. The first-order chi connectivity index (χ1) is 51.6. The lowest BCUT2D eigenvalue weighted by molar-refractivity contribution is 0.461. The second kappa shape index (κ2) is 20.5. The van der Waals surface area contributed by atoms with Crippen molar-refractivity contribution in [3.8, 4) is 68.0 Å². The smallest absolute Gasteiger partial charge is 0.238 e. The van der Waals surface area contributed by atoms with Crippen LogP contribution in [-0.2, 0) is 10.8 Å². The van der Waals surface area contributed by atoms with E-state index in [9.17, 15) is 0 Å². The van der Waals surface area contributed by atoms with Crippen LogP contribution in [0.15, 0.2) is 346 Å². The minimum absolute atomic E-state index is 0.549. The highest BCUT2D eigenvalue weighted by molar-refractivity contribution is 6.24. The predicted octanol–water partition coefficient (Wildman–Crippen LogP) is 23.5. The molecule has 5 aromatic heterocycles. The second-order valence-electron chi connectivity index (χ2n) is 28.4. The van der Waals surface area contributed by atoms with E-state index in [4.69, 9.17) is 15.0 Å². The molecule has 24 rings (SSSR count). The Bertz CT molecular complexity index is 7290. The van der Waals surface area contributed by atoms with Crippen molar-refractivity contribution < 1.29 is 0 Å². The summed E-state index contributed by atoms with van der Waals surface area (Å²) in [6, 6.07) is 128. The molecule has 480 valence electrons. The van der Waals surface area contributed by atoms with E-state index in [1.54, 1.807) is 0 Å². The van der Waals surface area contributed by atoms with Crippen molar-refractivity contribution in [3.05, 3.63) is 379 Å². The van der Waals surface area contributed by atoms with Crippen LogP contribution in [0.1, 0.15) is 33.4 Å². The zero-order chi connectivity index (χ0) is 67.7. The molecule has 0 radical (unpaired) electrons. The van der Waals surface area contributed by atoms with Gasteiger partial charge in [0, 0.05) is 71.0 Å². The molecule has 21 aromatic rings. The van der Waals surface area contributed by atoms with Crippen molar-refractivity contribution >= 4 is 109 Å². The topological polar surface area (TPSA) is 58.4 Å². The first kappa shape index (κ1) is 56.1. The summed E-state index contributed by atoms with van der Waals surface area (Å²) in [7, 11) is 0. The molecule has 0 bridgehead atoms. The molecule has 3 aliphatic rings. The van der Waals surface area contributed by atoms with Gasteiger partial charge in [0.2, 0.25) is 5.95 Å². The van der Waals surface area contributed by atoms with E-state index in [2.05, 4.69) is 364 Å². The summed E-state index contributed by atoms with van der Waals surface area (Å²) in [6.45, 7) is 0. The highest BCUT2D eigenvalue weighted by Gasteiger charge is 2.69. The predicted molar refractivity (Wildman–Crippen MR) is 427 cm³/mol. The van der Waals surface area contributed by atoms with Crippen LogP contribution in [0, 0.1) is 0 Å². The van der Waals surface area contributed by atoms with Crippen LogP contribution in [-0.4, -0.2) is 33.2 Å². The summed E-state index contributed by atoms with van der Waals surface area (Å²) in [6.07, 6.45) is 0. The number of benzene rings is 16. The lowest BCUT2D eigenvalue weighted by atomic mass is 9.50. The van der Waals surface area contributed by atoms with Crippen molar-refractivity contribution in [2.24, 2.45) is 0 Å². The Kier molecular flexibility index (Phi) is 11.0. The van der Waals surface area contributed by atoms with E-state index in [0.717, 1.165) is 71.8 Å². The molecule has 0 amide bonds. The zero-order valence-corrected chi connectivity index (χ0v) is 56.0. The Balaban J connectivity index is 0.734. The van der Waals surface area contributed by atoms with Gasteiger partial charge in [-0.3, -0.25) is 4.57 Å². The molecule has 0 fully saturated rings. The Morgan fingerprint density at radius 1 is 0.212 bits per heavy atom. The normalized spacial score (nSPS) is 15.6. The first-order valence-electron chi connectivity index (χ1n) is 35.9. The van der Waals surface area contributed by atoms with Crippen LogP contribution in [0.25, 0.3) is 177 Å². The quantitative estimate of drug-likeness (QED) is 0.160. The molecule has 0 aliphatic heterocycles. The number of rotatable bonds is 7. The number of hydrogen-bond donors (Lipinski definition) is 0. The van der Waals surface area contributed by atoms with Gasteiger partial charge in [-0.2, -0.15) is 9.97 Å². The van der Waals surface area contributed by atoms with E-state index in [1.807, 2.05) is 0 Å². The van der Waals surface area contributed by atoms with E-state index >= 15 is 0 Å². The van der Waals surface area contributed by atoms with Gasteiger partial charge in [-0.25, -0.2) is 4.98 Å². The van der Waals surface area contributed by atoms with Gasteiger partial charge in [0.1, 0.15) is 0 Å². The van der Waals surface area contributed by atoms with Crippen molar-refractivity contribution in [2.75, 3.05) is 0 Å². The standard InChI is InChI=1S/C97H57N7/c1-4-24-58(25-5-1)93-98-94(100-95(99-93)104-85-45-21-13-33-66(85)71-49-48-70-65-32-12-19-43-83(65)102(91(70)92(71)104)62-28-8-3-9-29-62)72-50-51-80-89-69(72)36-22-40-78(89)96-76-38-16-10-30-63(76)64-31-11-17-39-77(64)97(80,96)81-52-55-86(73-37-23-41-79(96)90(73)81)103-84-44-20-15-35-68(84)75-57-60(47-54-88(75)103)59-46-53-87-74(56-59)67-34-14-18-42-82(67)101(87)61-26-6-2-7-27-61/h1-57H. The lowest BCUT2D eigenvalue weighted by Gasteiger charge is -2.50. The third kappa shape index (κ3) is 6.98. The number of para-hydroxylation sites is 6. The fourth-order valence-electron chi connectivity index (χ4n) is 19.9. The summed E-state index contributed by atoms with van der Waals surface area (Å²) < 4.78 is 9.67. The molecule has 5 heterocycles. The van der Waals surface area contributed by atoms with Gasteiger partial charge in [-0.05, 0) is 151 Å². The molecular weight excluding hydrogens is 1260 g/mol. The van der Waals surface area contributed by atoms with Gasteiger partial charge in [-0.1, -0.05) is 267 Å². The van der Waals surface area contributed by atoms with Crippen molar-refractivity contribution in [1.82, 2.24) is 33.2 Å². The van der Waals surface area contributed by atoms with Gasteiger partial charge >= 0.3 is 0 Å². The summed E-state index contributed by atoms with van der Waals surface area (Å²) in [5, 5.41) is 14.4. The Labute approximate surface area is 596 Å². The van der Waals surface area contributed by atoms with Gasteiger partial charge in [0.25, 0.3) is 0 Å². The lowest BCUT2D eigenvalue weighted by Crippen LogP contribution is -2.48. The van der Waals surface area contributed by atoms with Crippen molar-refractivity contribution in [3.63, 3.8) is 0 Å². The molecule has 7 nitrogen and oxygen atoms in total. The average Bonchev–Trinajstić information content (AvgIpc) is 1.45. The fourth-order valence-corrected chi connectivity index (χ4v) is 19.9. The largest absolute Gasteiger partial charge is 0.309 e. The summed E-state index contributed by atoms with van der Waals surface area (Å²) >= 11 is 0. The molecule has 0 N–H and O–H groups in total.